The Balaban J connectivity index is 2.61. The average molecular weight is 306 g/mol. The number of rotatable bonds is 4. The van der Waals surface area contributed by atoms with E-state index in [4.69, 9.17) is 9.47 Å². The van der Waals surface area contributed by atoms with Crippen LogP contribution in [0.2, 0.25) is 0 Å². The lowest BCUT2D eigenvalue weighted by Gasteiger charge is -2.07. The molecule has 0 heterocycles. The molecule has 1 aromatic carbocycles. The Morgan fingerprint density at radius 1 is 1.43 bits per heavy atom. The minimum absolute atomic E-state index is 0.212. The summed E-state index contributed by atoms with van der Waals surface area (Å²) in [6, 6.07) is 7.48. The van der Waals surface area contributed by atoms with Crippen molar-refractivity contribution in [3.8, 4) is 5.75 Å². The van der Waals surface area contributed by atoms with E-state index in [0.717, 1.165) is 11.3 Å². The number of carbonyl (C=O) groups is 1. The molecule has 1 rings (SSSR count). The zero-order valence-corrected chi connectivity index (χ0v) is 9.98. The third-order valence-corrected chi connectivity index (χ3v) is 2.31. The summed E-state index contributed by atoms with van der Waals surface area (Å²) in [6.45, 7) is 0.270. The van der Waals surface area contributed by atoms with Crippen LogP contribution in [0.1, 0.15) is 5.56 Å². The van der Waals surface area contributed by atoms with Crippen molar-refractivity contribution in [2.75, 3.05) is 11.5 Å². The highest BCUT2D eigenvalue weighted by Gasteiger charge is 2.04. The summed E-state index contributed by atoms with van der Waals surface area (Å²) in [4.78, 5) is 10.9. The van der Waals surface area contributed by atoms with Gasteiger partial charge in [0.05, 0.1) is 11.5 Å². The van der Waals surface area contributed by atoms with E-state index in [2.05, 4.69) is 0 Å². The number of para-hydroxylation sites is 1. The lowest BCUT2D eigenvalue weighted by Crippen LogP contribution is -2.05. The van der Waals surface area contributed by atoms with E-state index in [1.54, 1.807) is 7.11 Å². The molecule has 0 aromatic heterocycles. The van der Waals surface area contributed by atoms with Crippen LogP contribution in [-0.4, -0.2) is 17.5 Å². The highest BCUT2D eigenvalue weighted by molar-refractivity contribution is 14.1. The van der Waals surface area contributed by atoms with E-state index in [-0.39, 0.29) is 12.6 Å². The second-order valence-electron chi connectivity index (χ2n) is 2.61. The lowest BCUT2D eigenvalue weighted by atomic mass is 10.2. The lowest BCUT2D eigenvalue weighted by molar-refractivity contribution is -0.141. The first-order valence-corrected chi connectivity index (χ1v) is 5.64. The molecule has 0 spiro atoms. The van der Waals surface area contributed by atoms with Crippen molar-refractivity contribution in [3.63, 3.8) is 0 Å². The van der Waals surface area contributed by atoms with Gasteiger partial charge in [-0.15, -0.1) is 0 Å². The molecule has 0 atom stereocenters. The maximum Gasteiger partial charge on any atom is 0.316 e. The number of alkyl halides is 1. The van der Waals surface area contributed by atoms with Crippen LogP contribution in [-0.2, 0) is 16.1 Å². The molecule has 0 aliphatic rings. The predicted molar refractivity (Wildman–Crippen MR) is 61.7 cm³/mol. The first-order valence-electron chi connectivity index (χ1n) is 4.11. The van der Waals surface area contributed by atoms with Gasteiger partial charge in [-0.05, 0) is 6.07 Å². The highest BCUT2D eigenvalue weighted by Crippen LogP contribution is 2.17. The number of hydrogen-bond donors (Lipinski definition) is 0. The van der Waals surface area contributed by atoms with Gasteiger partial charge in [0.25, 0.3) is 0 Å². The van der Waals surface area contributed by atoms with Crippen LogP contribution in [0.4, 0.5) is 0 Å². The van der Waals surface area contributed by atoms with Crippen LogP contribution in [0.5, 0.6) is 5.75 Å². The van der Waals surface area contributed by atoms with E-state index in [1.807, 2.05) is 46.9 Å². The summed E-state index contributed by atoms with van der Waals surface area (Å²) in [6.07, 6.45) is 0. The van der Waals surface area contributed by atoms with Crippen LogP contribution in [0.25, 0.3) is 0 Å². The molecule has 0 N–H and O–H groups in total. The molecule has 4 heteroatoms. The van der Waals surface area contributed by atoms with Gasteiger partial charge in [0, 0.05) is 5.56 Å². The van der Waals surface area contributed by atoms with E-state index in [9.17, 15) is 4.79 Å². The molecule has 0 bridgehead atoms. The Kier molecular flexibility index (Phi) is 4.72. The average Bonchev–Trinajstić information content (AvgIpc) is 2.26. The van der Waals surface area contributed by atoms with E-state index in [0.29, 0.717) is 4.43 Å². The monoisotopic (exact) mass is 306 g/mol. The minimum Gasteiger partial charge on any atom is -0.496 e. The normalized spacial score (nSPS) is 9.57. The van der Waals surface area contributed by atoms with Crippen molar-refractivity contribution >= 4 is 28.6 Å². The van der Waals surface area contributed by atoms with Gasteiger partial charge in [-0.2, -0.15) is 0 Å². The van der Waals surface area contributed by atoms with Crippen molar-refractivity contribution in [1.82, 2.24) is 0 Å². The molecule has 0 saturated heterocycles. The predicted octanol–water partition coefficient (Wildman–Crippen LogP) is 2.17. The Morgan fingerprint density at radius 3 is 2.79 bits per heavy atom. The third kappa shape index (κ3) is 3.17. The summed E-state index contributed by atoms with van der Waals surface area (Å²) in [5, 5.41) is 0. The highest BCUT2D eigenvalue weighted by atomic mass is 127. The maximum atomic E-state index is 10.9. The van der Waals surface area contributed by atoms with Crippen LogP contribution < -0.4 is 4.74 Å². The first kappa shape index (κ1) is 11.3. The fraction of sp³-hybridized carbons (Fsp3) is 0.300. The fourth-order valence-corrected chi connectivity index (χ4v) is 1.24. The standard InChI is InChI=1S/C10H11IO3/c1-13-9-5-3-2-4-8(9)7-14-10(12)6-11/h2-5H,6-7H2,1H3. The van der Waals surface area contributed by atoms with E-state index >= 15 is 0 Å². The topological polar surface area (TPSA) is 35.5 Å². The molecule has 0 amide bonds. The second-order valence-corrected chi connectivity index (χ2v) is 3.37. The summed E-state index contributed by atoms with van der Waals surface area (Å²) in [5.74, 6) is 0.533. The Morgan fingerprint density at radius 2 is 2.14 bits per heavy atom. The number of esters is 1. The number of benzene rings is 1. The summed E-state index contributed by atoms with van der Waals surface area (Å²) >= 11 is 1.97. The molecule has 0 aliphatic carbocycles. The molecular formula is C10H11IO3. The molecule has 14 heavy (non-hydrogen) atoms. The van der Waals surface area contributed by atoms with Gasteiger partial charge in [-0.25, -0.2) is 0 Å². The molecule has 0 fully saturated rings. The Bertz CT molecular complexity index is 312. The molecule has 0 radical (unpaired) electrons. The van der Waals surface area contributed by atoms with Gasteiger partial charge in [0.2, 0.25) is 0 Å². The fourth-order valence-electron chi connectivity index (χ4n) is 1.02. The zero-order chi connectivity index (χ0) is 10.4. The van der Waals surface area contributed by atoms with Crippen molar-refractivity contribution < 1.29 is 14.3 Å². The third-order valence-electron chi connectivity index (χ3n) is 1.69. The second kappa shape index (κ2) is 5.85. The molecule has 0 unspecified atom stereocenters. The number of carbonyl (C=O) groups excluding carboxylic acids is 1. The molecule has 1 aromatic rings. The molecule has 0 aliphatic heterocycles. The molecular weight excluding hydrogens is 295 g/mol. The Labute approximate surface area is 96.5 Å². The van der Waals surface area contributed by atoms with Gasteiger partial charge >= 0.3 is 5.97 Å². The zero-order valence-electron chi connectivity index (χ0n) is 7.83. The van der Waals surface area contributed by atoms with Gasteiger partial charge < -0.3 is 9.47 Å². The quantitative estimate of drug-likeness (QED) is 0.486. The number of hydrogen-bond acceptors (Lipinski definition) is 3. The van der Waals surface area contributed by atoms with Crippen molar-refractivity contribution in [1.29, 1.82) is 0 Å². The van der Waals surface area contributed by atoms with Crippen molar-refractivity contribution in [2.45, 2.75) is 6.61 Å². The summed E-state index contributed by atoms with van der Waals surface area (Å²) in [7, 11) is 1.60. The molecule has 0 saturated carbocycles. The molecule has 3 nitrogen and oxygen atoms in total. The SMILES string of the molecule is COc1ccccc1COC(=O)CI. The van der Waals surface area contributed by atoms with Gasteiger partial charge in [-0.3, -0.25) is 4.79 Å². The molecule has 76 valence electrons. The van der Waals surface area contributed by atoms with Gasteiger partial charge in [0.15, 0.2) is 0 Å². The summed E-state index contributed by atoms with van der Waals surface area (Å²) in [5.41, 5.74) is 0.883. The van der Waals surface area contributed by atoms with Crippen molar-refractivity contribution in [3.05, 3.63) is 29.8 Å². The van der Waals surface area contributed by atoms with Crippen LogP contribution in [0.3, 0.4) is 0 Å². The van der Waals surface area contributed by atoms with Crippen LogP contribution >= 0.6 is 22.6 Å². The van der Waals surface area contributed by atoms with Crippen molar-refractivity contribution in [2.24, 2.45) is 0 Å². The van der Waals surface area contributed by atoms with E-state index < -0.39 is 0 Å². The van der Waals surface area contributed by atoms with E-state index in [1.165, 1.54) is 0 Å². The first-order chi connectivity index (χ1) is 6.77. The number of ether oxygens (including phenoxy) is 2. The minimum atomic E-state index is -0.212. The number of halogens is 1. The van der Waals surface area contributed by atoms with Crippen LogP contribution in [0, 0.1) is 0 Å². The largest absolute Gasteiger partial charge is 0.496 e. The number of methoxy groups -OCH3 is 1. The maximum absolute atomic E-state index is 10.9. The van der Waals surface area contributed by atoms with Gasteiger partial charge in [-0.1, -0.05) is 40.8 Å². The van der Waals surface area contributed by atoms with Gasteiger partial charge in [0.1, 0.15) is 12.4 Å². The summed E-state index contributed by atoms with van der Waals surface area (Å²) < 4.78 is 10.5. The smallest absolute Gasteiger partial charge is 0.316 e. The van der Waals surface area contributed by atoms with Crippen LogP contribution in [0.15, 0.2) is 24.3 Å². The Hall–Kier alpha value is -0.780.